The van der Waals surface area contributed by atoms with Gasteiger partial charge in [0.15, 0.2) is 5.69 Å². The molecule has 3 aromatic heterocycles. The smallest absolute Gasteiger partial charge is 0.276 e. The van der Waals surface area contributed by atoms with Crippen LogP contribution in [0.1, 0.15) is 42.7 Å². The van der Waals surface area contributed by atoms with Gasteiger partial charge in [0.1, 0.15) is 5.82 Å². The first kappa shape index (κ1) is 28.7. The van der Waals surface area contributed by atoms with E-state index in [0.29, 0.717) is 11.4 Å². The molecule has 0 aliphatic carbocycles. The van der Waals surface area contributed by atoms with Crippen LogP contribution in [-0.4, -0.2) is 81.2 Å². The lowest BCUT2D eigenvalue weighted by molar-refractivity contribution is 0.0341. The van der Waals surface area contributed by atoms with E-state index < -0.39 is 0 Å². The maximum absolute atomic E-state index is 13.3. The lowest BCUT2D eigenvalue weighted by Gasteiger charge is -2.30. The minimum absolute atomic E-state index is 0.233. The van der Waals surface area contributed by atoms with Crippen molar-refractivity contribution in [1.82, 2.24) is 24.6 Å². The summed E-state index contributed by atoms with van der Waals surface area (Å²) in [5.41, 5.74) is 4.98. The summed E-state index contributed by atoms with van der Waals surface area (Å²) in [6, 6.07) is 12.0. The Morgan fingerprint density at radius 3 is 2.51 bits per heavy atom. The number of anilines is 2. The number of benzene rings is 1. The fraction of sp³-hybridized carbons (Fsp3) is 0.419. The van der Waals surface area contributed by atoms with Crippen molar-refractivity contribution < 1.29 is 14.6 Å². The van der Waals surface area contributed by atoms with E-state index in [1.165, 1.54) is 0 Å². The fourth-order valence-electron chi connectivity index (χ4n) is 5.29. The van der Waals surface area contributed by atoms with E-state index in [1.807, 2.05) is 63.6 Å². The lowest BCUT2D eigenvalue weighted by atomic mass is 10.0. The summed E-state index contributed by atoms with van der Waals surface area (Å²) < 4.78 is 7.19. The Hall–Kier alpha value is -3.86. The fourth-order valence-corrected chi connectivity index (χ4v) is 5.29. The van der Waals surface area contributed by atoms with Crippen molar-refractivity contribution in [3.63, 3.8) is 0 Å². The molecule has 2 saturated heterocycles. The highest BCUT2D eigenvalue weighted by molar-refractivity contribution is 6.11. The molecule has 5 heterocycles. The van der Waals surface area contributed by atoms with Gasteiger partial charge in [-0.2, -0.15) is 5.10 Å². The Morgan fingerprint density at radius 2 is 1.78 bits per heavy atom. The van der Waals surface area contributed by atoms with Crippen molar-refractivity contribution in [2.24, 2.45) is 7.05 Å². The summed E-state index contributed by atoms with van der Waals surface area (Å²) in [5, 5.41) is 18.0. The maximum Gasteiger partial charge on any atom is 0.276 e. The molecule has 0 radical (unpaired) electrons. The van der Waals surface area contributed by atoms with E-state index in [-0.39, 0.29) is 12.0 Å². The number of hydrogen-bond donors (Lipinski definition) is 2. The number of amides is 1. The van der Waals surface area contributed by atoms with E-state index in [0.717, 1.165) is 92.2 Å². The topological polar surface area (TPSA) is 109 Å². The van der Waals surface area contributed by atoms with Crippen LogP contribution in [0.25, 0.3) is 22.0 Å². The van der Waals surface area contributed by atoms with Crippen LogP contribution < -0.4 is 10.2 Å². The van der Waals surface area contributed by atoms with Crippen LogP contribution in [0.4, 0.5) is 11.5 Å². The predicted molar refractivity (Wildman–Crippen MR) is 161 cm³/mol. The van der Waals surface area contributed by atoms with Crippen molar-refractivity contribution >= 4 is 28.3 Å². The highest BCUT2D eigenvalue weighted by Gasteiger charge is 2.20. The Bertz CT molecular complexity index is 1460. The Labute approximate surface area is 241 Å². The number of hydrogen-bond acceptors (Lipinski definition) is 8. The van der Waals surface area contributed by atoms with E-state index in [2.05, 4.69) is 36.2 Å². The standard InChI is InChI=1S/C29H33N7O3.C2H6/c1-34-26-4-2-21(22-14-20(16-30-17-22)19-35-10-12-39-13-11-35)15-25(26)28(33-34)29(38)32-23-3-5-27(31-18-23)36-8-6-24(37)7-9-36;1-2/h2-5,14-18,24,37H,6-13,19H2,1H3,(H,32,38);1-2H3. The molecule has 0 spiro atoms. The van der Waals surface area contributed by atoms with Gasteiger partial charge in [-0.05, 0) is 54.3 Å². The van der Waals surface area contributed by atoms with Gasteiger partial charge in [-0.15, -0.1) is 0 Å². The summed E-state index contributed by atoms with van der Waals surface area (Å²) in [6.07, 6.45) is 6.68. The van der Waals surface area contributed by atoms with Gasteiger partial charge < -0.3 is 20.1 Å². The number of piperidine rings is 1. The van der Waals surface area contributed by atoms with Gasteiger partial charge in [-0.1, -0.05) is 19.9 Å². The van der Waals surface area contributed by atoms with Gasteiger partial charge in [0.2, 0.25) is 0 Å². The van der Waals surface area contributed by atoms with Gasteiger partial charge in [-0.3, -0.25) is 19.4 Å². The summed E-state index contributed by atoms with van der Waals surface area (Å²) in [6.45, 7) is 9.75. The van der Waals surface area contributed by atoms with Crippen LogP contribution in [0.3, 0.4) is 0 Å². The molecule has 10 heteroatoms. The Balaban J connectivity index is 0.00000165. The van der Waals surface area contributed by atoms with Crippen LogP contribution >= 0.6 is 0 Å². The number of nitrogens with zero attached hydrogens (tertiary/aromatic N) is 6. The summed E-state index contributed by atoms with van der Waals surface area (Å²) in [5.74, 6) is 0.560. The van der Waals surface area contributed by atoms with Crippen molar-refractivity contribution in [2.75, 3.05) is 49.6 Å². The Kier molecular flexibility index (Phi) is 9.23. The van der Waals surface area contributed by atoms with Crippen molar-refractivity contribution in [3.05, 3.63) is 66.2 Å². The number of morpholine rings is 1. The number of ether oxygens (including phenoxy) is 1. The van der Waals surface area contributed by atoms with E-state index in [9.17, 15) is 9.90 Å². The summed E-state index contributed by atoms with van der Waals surface area (Å²) >= 11 is 0. The zero-order chi connectivity index (χ0) is 28.8. The van der Waals surface area contributed by atoms with Crippen molar-refractivity contribution in [3.8, 4) is 11.1 Å². The minimum atomic E-state index is -0.285. The zero-order valence-corrected chi connectivity index (χ0v) is 24.1. The third-order valence-corrected chi connectivity index (χ3v) is 7.50. The normalized spacial score (nSPS) is 16.3. The number of aliphatic hydroxyl groups excluding tert-OH is 1. The van der Waals surface area contributed by atoms with Gasteiger partial charge in [0.25, 0.3) is 5.91 Å². The van der Waals surface area contributed by atoms with Crippen molar-refractivity contribution in [2.45, 2.75) is 39.3 Å². The SMILES string of the molecule is CC.Cn1nc(C(=O)Nc2ccc(N3CCC(O)CC3)nc2)c2cc(-c3cncc(CN4CCOCC4)c3)ccc21. The highest BCUT2D eigenvalue weighted by atomic mass is 16.5. The van der Waals surface area contributed by atoms with Crippen molar-refractivity contribution in [1.29, 1.82) is 0 Å². The number of rotatable bonds is 6. The molecule has 0 saturated carbocycles. The number of nitrogens with one attached hydrogen (secondary N) is 1. The molecule has 41 heavy (non-hydrogen) atoms. The number of fused-ring (bicyclic) bond motifs is 1. The first-order chi connectivity index (χ1) is 20.0. The third-order valence-electron chi connectivity index (χ3n) is 7.50. The second-order valence-electron chi connectivity index (χ2n) is 10.3. The summed E-state index contributed by atoms with van der Waals surface area (Å²) in [7, 11) is 1.84. The van der Waals surface area contributed by atoms with E-state index in [4.69, 9.17) is 4.74 Å². The molecule has 0 atom stereocenters. The molecule has 4 aromatic rings. The molecule has 2 aliphatic rings. The van der Waals surface area contributed by atoms with Crippen LogP contribution in [0.2, 0.25) is 0 Å². The number of aryl methyl sites for hydroxylation is 1. The largest absolute Gasteiger partial charge is 0.393 e. The van der Waals surface area contributed by atoms with Gasteiger partial charge in [0, 0.05) is 63.1 Å². The van der Waals surface area contributed by atoms with Crippen LogP contribution in [0.15, 0.2) is 55.0 Å². The van der Waals surface area contributed by atoms with Crippen LogP contribution in [0, 0.1) is 0 Å². The quantitative estimate of drug-likeness (QED) is 0.365. The molecule has 1 amide bonds. The molecule has 10 nitrogen and oxygen atoms in total. The van der Waals surface area contributed by atoms with Gasteiger partial charge in [-0.25, -0.2) is 4.98 Å². The first-order valence-electron chi connectivity index (χ1n) is 14.4. The number of aromatic nitrogens is 4. The second-order valence-corrected chi connectivity index (χ2v) is 10.3. The van der Waals surface area contributed by atoms with E-state index in [1.54, 1.807) is 10.9 Å². The summed E-state index contributed by atoms with van der Waals surface area (Å²) in [4.78, 5) is 26.8. The third kappa shape index (κ3) is 6.73. The number of aliphatic hydroxyl groups is 1. The van der Waals surface area contributed by atoms with Crippen LogP contribution in [0.5, 0.6) is 0 Å². The molecule has 1 aromatic carbocycles. The average Bonchev–Trinajstić information content (AvgIpc) is 3.35. The molecule has 2 fully saturated rings. The molecular weight excluding hydrogens is 518 g/mol. The lowest BCUT2D eigenvalue weighted by Crippen LogP contribution is -2.36. The molecule has 2 N–H and O–H groups in total. The molecular formula is C31H39N7O3. The number of carbonyl (C=O) groups excluding carboxylic acids is 1. The number of carbonyl (C=O) groups is 1. The minimum Gasteiger partial charge on any atom is -0.393 e. The highest BCUT2D eigenvalue weighted by Crippen LogP contribution is 2.28. The van der Waals surface area contributed by atoms with Gasteiger partial charge >= 0.3 is 0 Å². The molecule has 0 unspecified atom stereocenters. The molecule has 0 bridgehead atoms. The molecule has 2 aliphatic heterocycles. The van der Waals surface area contributed by atoms with E-state index >= 15 is 0 Å². The van der Waals surface area contributed by atoms with Gasteiger partial charge in [0.05, 0.1) is 36.7 Å². The Morgan fingerprint density at radius 1 is 1.00 bits per heavy atom. The monoisotopic (exact) mass is 557 g/mol. The van der Waals surface area contributed by atoms with Crippen LogP contribution in [-0.2, 0) is 18.3 Å². The molecule has 6 rings (SSSR count). The second kappa shape index (κ2) is 13.2. The first-order valence-corrected chi connectivity index (χ1v) is 14.4. The zero-order valence-electron chi connectivity index (χ0n) is 24.1. The number of pyridine rings is 2. The molecule has 216 valence electrons. The maximum atomic E-state index is 13.3. The predicted octanol–water partition coefficient (Wildman–Crippen LogP) is 4.10. The average molecular weight is 558 g/mol.